The summed E-state index contributed by atoms with van der Waals surface area (Å²) in [6, 6.07) is 40.1. The van der Waals surface area contributed by atoms with Crippen LogP contribution in [0.3, 0.4) is 0 Å². The van der Waals surface area contributed by atoms with Crippen molar-refractivity contribution >= 4 is 35.6 Å². The molecule has 0 aliphatic carbocycles. The Balaban J connectivity index is 0.000000155. The van der Waals surface area contributed by atoms with E-state index in [1.807, 2.05) is 153 Å². The molecule has 19 heteroatoms. The second-order valence-corrected chi connectivity index (χ2v) is 27.2. The van der Waals surface area contributed by atoms with Gasteiger partial charge >= 0.3 is 12.2 Å². The molecule has 6 saturated heterocycles. The summed E-state index contributed by atoms with van der Waals surface area (Å²) >= 11 is 0. The molecule has 6 aliphatic rings. The molecule has 19 nitrogen and oxygen atoms in total. The minimum absolute atomic E-state index is 0.00214. The molecule has 6 heterocycles. The van der Waals surface area contributed by atoms with Crippen LogP contribution in [0.15, 0.2) is 140 Å². The predicted molar refractivity (Wildman–Crippen MR) is 363 cm³/mol. The number of fused-ring (bicyclic) bond motifs is 6. The maximum absolute atomic E-state index is 12.7. The number of nitrogens with two attached hydrogens (primary N) is 2. The van der Waals surface area contributed by atoms with Gasteiger partial charge in [0.1, 0.15) is 64.0 Å². The van der Waals surface area contributed by atoms with Crippen LogP contribution in [0.2, 0.25) is 0 Å². The van der Waals surface area contributed by atoms with Gasteiger partial charge in [0.25, 0.3) is 0 Å². The summed E-state index contributed by atoms with van der Waals surface area (Å²) in [5.41, 5.74) is 16.6. The Morgan fingerprint density at radius 2 is 0.768 bits per heavy atom. The van der Waals surface area contributed by atoms with E-state index in [0.717, 1.165) is 116 Å². The van der Waals surface area contributed by atoms with Crippen molar-refractivity contribution in [1.29, 1.82) is 0 Å². The minimum atomic E-state index is -0.520. The summed E-state index contributed by atoms with van der Waals surface area (Å²) in [7, 11) is 4.87. The van der Waals surface area contributed by atoms with Crippen LogP contribution in [0.1, 0.15) is 139 Å². The molecule has 0 saturated carbocycles. The quantitative estimate of drug-likeness (QED) is 0.0721. The molecule has 5 amide bonds. The zero-order valence-corrected chi connectivity index (χ0v) is 55.8. The number of rotatable bonds is 15. The molecular formula is C76H88N6O13. The van der Waals surface area contributed by atoms with Gasteiger partial charge in [-0.25, -0.2) is 14.4 Å². The van der Waals surface area contributed by atoms with Crippen LogP contribution < -0.4 is 39.9 Å². The fourth-order valence-electron chi connectivity index (χ4n) is 14.4. The highest BCUT2D eigenvalue weighted by Crippen LogP contribution is 2.44. The van der Waals surface area contributed by atoms with Crippen molar-refractivity contribution < 1.29 is 61.9 Å². The molecule has 6 fully saturated rings. The topological polar surface area (TPSA) is 225 Å². The van der Waals surface area contributed by atoms with Crippen LogP contribution in [0.5, 0.6) is 34.5 Å². The highest BCUT2D eigenvalue weighted by atomic mass is 16.6. The van der Waals surface area contributed by atoms with Crippen LogP contribution >= 0.6 is 0 Å². The molecule has 0 aromatic heterocycles. The van der Waals surface area contributed by atoms with E-state index < -0.39 is 23.0 Å². The molecule has 12 rings (SSSR count). The summed E-state index contributed by atoms with van der Waals surface area (Å²) < 4.78 is 46.8. The van der Waals surface area contributed by atoms with Gasteiger partial charge in [-0.1, -0.05) is 61.2 Å². The predicted octanol–water partition coefficient (Wildman–Crippen LogP) is 14.5. The summed E-state index contributed by atoms with van der Waals surface area (Å²) in [4.78, 5) is 70.9. The first kappa shape index (κ1) is 68.2. The first-order valence-corrected chi connectivity index (χ1v) is 32.7. The number of methoxy groups -OCH3 is 3. The normalized spacial score (nSPS) is 22.2. The van der Waals surface area contributed by atoms with Gasteiger partial charge in [-0.2, -0.15) is 0 Å². The Hall–Kier alpha value is -9.70. The van der Waals surface area contributed by atoms with Gasteiger partial charge < -0.3 is 64.1 Å². The molecule has 95 heavy (non-hydrogen) atoms. The fraction of sp³-hybridized carbons (Fsp3) is 0.421. The van der Waals surface area contributed by atoms with Crippen LogP contribution in [-0.2, 0) is 14.3 Å². The highest BCUT2D eigenvalue weighted by molar-refractivity contribution is 5.96. The second kappa shape index (κ2) is 29.3. The summed E-state index contributed by atoms with van der Waals surface area (Å²) in [5, 5.41) is 0. The Bertz CT molecular complexity index is 3810. The van der Waals surface area contributed by atoms with E-state index in [9.17, 15) is 24.0 Å². The van der Waals surface area contributed by atoms with Crippen molar-refractivity contribution in [2.45, 2.75) is 184 Å². The van der Waals surface area contributed by atoms with Crippen molar-refractivity contribution in [3.8, 4) is 67.9 Å². The average Bonchev–Trinajstić information content (AvgIpc) is 1.73. The number of carbonyl (C=O) groups is 5. The number of amides is 5. The van der Waals surface area contributed by atoms with Gasteiger partial charge in [0.2, 0.25) is 17.7 Å². The van der Waals surface area contributed by atoms with Crippen molar-refractivity contribution in [2.24, 2.45) is 11.5 Å². The number of piperidine rings is 3. The Morgan fingerprint density at radius 1 is 0.463 bits per heavy atom. The SMILES string of the molecule is C=CC(=O)N1C2CCC1CC(Oc1cc(C(N)=O)cc(-c3ccccc3OC)c1)C2.COc1ccccc1-c1cc(OC2CC3CCC(C2)N3C(=O)OC(C)(C)C)cc(C(N)=O)c1.[C-]#[N+]c1cc(OC2CC3CCC(C2)N3C(=O)OC(C)(C)C)cc(-c2ccccc2OC)c1. The minimum Gasteiger partial charge on any atom is -0.496 e. The lowest BCUT2D eigenvalue weighted by Crippen LogP contribution is -2.50. The van der Waals surface area contributed by atoms with E-state index in [-0.39, 0.29) is 72.7 Å². The second-order valence-electron chi connectivity index (χ2n) is 27.2. The number of benzene rings is 6. The monoisotopic (exact) mass is 1290 g/mol. The van der Waals surface area contributed by atoms with Crippen LogP contribution in [0, 0.1) is 6.57 Å². The molecule has 6 unspecified atom stereocenters. The van der Waals surface area contributed by atoms with E-state index in [1.54, 1.807) is 51.7 Å². The first-order chi connectivity index (χ1) is 45.4. The zero-order chi connectivity index (χ0) is 67.9. The van der Waals surface area contributed by atoms with Gasteiger partial charge in [-0.3, -0.25) is 14.4 Å². The third-order valence-corrected chi connectivity index (χ3v) is 18.3. The molecule has 0 spiro atoms. The third kappa shape index (κ3) is 16.5. The summed E-state index contributed by atoms with van der Waals surface area (Å²) in [6.07, 6.45) is 11.1. The zero-order valence-electron chi connectivity index (χ0n) is 55.8. The molecule has 500 valence electrons. The number of para-hydroxylation sites is 3. The molecule has 4 N–H and O–H groups in total. The van der Waals surface area contributed by atoms with Gasteiger partial charge in [-0.05, 0) is 176 Å². The van der Waals surface area contributed by atoms with Crippen LogP contribution in [-0.4, -0.2) is 132 Å². The first-order valence-electron chi connectivity index (χ1n) is 32.7. The van der Waals surface area contributed by atoms with Crippen molar-refractivity contribution in [1.82, 2.24) is 14.7 Å². The summed E-state index contributed by atoms with van der Waals surface area (Å²) in [5.74, 6) is 2.99. The van der Waals surface area contributed by atoms with Crippen LogP contribution in [0.25, 0.3) is 38.2 Å². The molecule has 6 aromatic rings. The Kier molecular flexibility index (Phi) is 21.0. The number of carbonyl (C=O) groups excluding carboxylic acids is 5. The van der Waals surface area contributed by atoms with E-state index in [1.165, 1.54) is 6.08 Å². The van der Waals surface area contributed by atoms with Gasteiger partial charge in [0, 0.05) is 103 Å². The lowest BCUT2D eigenvalue weighted by molar-refractivity contribution is -0.131. The van der Waals surface area contributed by atoms with Gasteiger partial charge in [0.15, 0.2) is 5.69 Å². The van der Waals surface area contributed by atoms with Crippen LogP contribution in [0.4, 0.5) is 15.3 Å². The standard InChI is InChI=1S/C26H32N2O5.C26H30N2O4.C24H26N2O4/c1-26(2,3)33-25(30)28-18-9-10-19(28)15-21(14-18)32-20-12-16(11-17(13-20)24(27)29)22-7-5-6-8-23(22)31-4;1-26(2,3)32-25(29)28-19-10-11-20(28)16-22(15-19)31-21-13-17(12-18(14-21)27-4)23-8-6-7-9-24(23)30-5;1-3-23(27)26-17-8-9-18(26)14-20(13-17)30-19-11-15(10-16(12-19)24(25)28)21-6-4-5-7-22(21)29-2/h5-8,11-13,18-19,21H,9-10,14-15H2,1-4H3,(H2,27,29);6-9,12-14,19-20,22H,10-11,15-16H2,1-3,5H3;3-7,10-12,17-18,20H,1,8-9,13-14H2,2H3,(H2,25,28). The third-order valence-electron chi connectivity index (χ3n) is 18.3. The van der Waals surface area contributed by atoms with Gasteiger partial charge in [0.05, 0.1) is 27.9 Å². The molecule has 6 aromatic carbocycles. The Labute approximate surface area is 557 Å². The number of nitrogens with zero attached hydrogens (tertiary/aromatic N) is 4. The lowest BCUT2D eigenvalue weighted by Gasteiger charge is -2.39. The molecular weight excluding hydrogens is 1200 g/mol. The average molecular weight is 1290 g/mol. The van der Waals surface area contributed by atoms with E-state index in [2.05, 4.69) is 11.4 Å². The van der Waals surface area contributed by atoms with Gasteiger partial charge in [-0.15, -0.1) is 0 Å². The largest absolute Gasteiger partial charge is 0.496 e. The number of hydrogen-bond donors (Lipinski definition) is 2. The van der Waals surface area contributed by atoms with E-state index >= 15 is 0 Å². The maximum atomic E-state index is 12.7. The van der Waals surface area contributed by atoms with Crippen molar-refractivity contribution in [2.75, 3.05) is 21.3 Å². The highest BCUT2D eigenvalue weighted by Gasteiger charge is 2.48. The molecule has 6 aliphatic heterocycles. The Morgan fingerprint density at radius 3 is 1.06 bits per heavy atom. The summed E-state index contributed by atoms with van der Waals surface area (Å²) in [6.45, 7) is 22.5. The van der Waals surface area contributed by atoms with E-state index in [4.69, 9.17) is 55.9 Å². The molecule has 0 radical (unpaired) electrons. The van der Waals surface area contributed by atoms with Crippen molar-refractivity contribution in [3.05, 3.63) is 163 Å². The lowest BCUT2D eigenvalue weighted by atomic mass is 9.98. The maximum Gasteiger partial charge on any atom is 0.410 e. The number of ether oxygens (including phenoxy) is 8. The molecule has 6 atom stereocenters. The van der Waals surface area contributed by atoms with E-state index in [0.29, 0.717) is 45.6 Å². The number of primary amides is 2. The smallest absolute Gasteiger partial charge is 0.410 e. The fourth-order valence-corrected chi connectivity index (χ4v) is 14.4. The molecule has 6 bridgehead atoms. The number of hydrogen-bond acceptors (Lipinski definition) is 13. The van der Waals surface area contributed by atoms with Crippen molar-refractivity contribution in [3.63, 3.8) is 0 Å².